The average molecular weight is 276 g/mol. The predicted octanol–water partition coefficient (Wildman–Crippen LogP) is 3.10. The third-order valence-corrected chi connectivity index (χ3v) is 5.61. The van der Waals surface area contributed by atoms with Gasteiger partial charge < -0.3 is 13.3 Å². The van der Waals surface area contributed by atoms with Gasteiger partial charge in [-0.1, -0.05) is 12.1 Å². The van der Waals surface area contributed by atoms with Crippen molar-refractivity contribution in [2.45, 2.75) is 18.6 Å². The maximum Gasteiger partial charge on any atom is 0.500 e. The van der Waals surface area contributed by atoms with Crippen LogP contribution in [0, 0.1) is 5.82 Å². The van der Waals surface area contributed by atoms with Crippen molar-refractivity contribution in [3.63, 3.8) is 0 Å². The molecule has 0 bridgehead atoms. The van der Waals surface area contributed by atoms with Gasteiger partial charge in [0.15, 0.2) is 0 Å². The zero-order chi connectivity index (χ0) is 13.6. The standard InChI is InChI=1S/C12H18F2O3Si/c1-15-18(16-2,17-3)8-7-12(14)10-5-4-6-11(13)9-10/h4-6,9,12H,7-8H2,1-3H3. The SMILES string of the molecule is CO[Si](CCC(F)c1cccc(F)c1)(OC)OC. The molecule has 0 saturated heterocycles. The molecular weight excluding hydrogens is 258 g/mol. The van der Waals surface area contributed by atoms with E-state index in [1.165, 1.54) is 39.5 Å². The molecule has 0 aliphatic heterocycles. The van der Waals surface area contributed by atoms with Gasteiger partial charge in [0.05, 0.1) is 0 Å². The lowest BCUT2D eigenvalue weighted by molar-refractivity contribution is 0.119. The second kappa shape index (κ2) is 6.94. The van der Waals surface area contributed by atoms with Crippen molar-refractivity contribution < 1.29 is 22.1 Å². The number of alkyl halides is 1. The molecule has 0 aromatic heterocycles. The van der Waals surface area contributed by atoms with Gasteiger partial charge in [-0.25, -0.2) is 8.78 Å². The lowest BCUT2D eigenvalue weighted by atomic mass is 10.1. The molecule has 0 spiro atoms. The lowest BCUT2D eigenvalue weighted by Crippen LogP contribution is -2.42. The highest BCUT2D eigenvalue weighted by Gasteiger charge is 2.38. The summed E-state index contributed by atoms with van der Waals surface area (Å²) in [5.74, 6) is -0.441. The van der Waals surface area contributed by atoms with E-state index < -0.39 is 20.8 Å². The van der Waals surface area contributed by atoms with Gasteiger partial charge in [0, 0.05) is 27.4 Å². The van der Waals surface area contributed by atoms with E-state index >= 15 is 0 Å². The number of rotatable bonds is 7. The van der Waals surface area contributed by atoms with Gasteiger partial charge in [-0.15, -0.1) is 0 Å². The molecule has 1 atom stereocenters. The van der Waals surface area contributed by atoms with Crippen LogP contribution in [0.2, 0.25) is 6.04 Å². The Kier molecular flexibility index (Phi) is 5.87. The van der Waals surface area contributed by atoms with Crippen molar-refractivity contribution >= 4 is 8.80 Å². The number of hydrogen-bond acceptors (Lipinski definition) is 3. The first kappa shape index (κ1) is 15.2. The molecule has 0 radical (unpaired) electrons. The molecule has 0 aliphatic carbocycles. The number of benzene rings is 1. The molecule has 0 heterocycles. The first-order chi connectivity index (χ1) is 8.56. The van der Waals surface area contributed by atoms with Gasteiger partial charge in [-0.2, -0.15) is 0 Å². The summed E-state index contributed by atoms with van der Waals surface area (Å²) in [6.45, 7) is 0. The molecule has 102 valence electrons. The molecule has 6 heteroatoms. The van der Waals surface area contributed by atoms with E-state index in [0.29, 0.717) is 11.6 Å². The normalized spacial score (nSPS) is 13.6. The number of hydrogen-bond donors (Lipinski definition) is 0. The predicted molar refractivity (Wildman–Crippen MR) is 66.5 cm³/mol. The minimum atomic E-state index is -2.76. The Balaban J connectivity index is 2.62. The van der Waals surface area contributed by atoms with E-state index in [2.05, 4.69) is 0 Å². The van der Waals surface area contributed by atoms with Gasteiger partial charge in [-0.3, -0.25) is 0 Å². The minimum absolute atomic E-state index is 0.172. The van der Waals surface area contributed by atoms with E-state index in [9.17, 15) is 8.78 Å². The topological polar surface area (TPSA) is 27.7 Å². The maximum absolute atomic E-state index is 13.9. The van der Waals surface area contributed by atoms with E-state index in [0.717, 1.165) is 0 Å². The Bertz CT molecular complexity index is 364. The highest BCUT2D eigenvalue weighted by molar-refractivity contribution is 6.60. The van der Waals surface area contributed by atoms with E-state index in [4.69, 9.17) is 13.3 Å². The minimum Gasteiger partial charge on any atom is -0.377 e. The van der Waals surface area contributed by atoms with Crippen molar-refractivity contribution in [1.29, 1.82) is 0 Å². The molecule has 1 unspecified atom stereocenters. The Morgan fingerprint density at radius 2 is 1.78 bits per heavy atom. The molecule has 0 amide bonds. The van der Waals surface area contributed by atoms with Crippen molar-refractivity contribution in [2.75, 3.05) is 21.3 Å². The second-order valence-corrected chi connectivity index (χ2v) is 6.95. The quantitative estimate of drug-likeness (QED) is 0.716. The van der Waals surface area contributed by atoms with Gasteiger partial charge >= 0.3 is 8.80 Å². The molecule has 1 aromatic rings. The van der Waals surface area contributed by atoms with Gasteiger partial charge in [0.25, 0.3) is 0 Å². The smallest absolute Gasteiger partial charge is 0.377 e. The Hall–Kier alpha value is -0.823. The van der Waals surface area contributed by atoms with Crippen LogP contribution in [-0.4, -0.2) is 30.1 Å². The highest BCUT2D eigenvalue weighted by Crippen LogP contribution is 2.27. The average Bonchev–Trinajstić information content (AvgIpc) is 2.40. The van der Waals surface area contributed by atoms with Crippen LogP contribution in [-0.2, 0) is 13.3 Å². The van der Waals surface area contributed by atoms with E-state index in [1.807, 2.05) is 0 Å². The van der Waals surface area contributed by atoms with E-state index in [-0.39, 0.29) is 6.42 Å². The summed E-state index contributed by atoms with van der Waals surface area (Å²) in [6.07, 6.45) is -1.08. The zero-order valence-corrected chi connectivity index (χ0v) is 11.8. The Morgan fingerprint density at radius 1 is 1.17 bits per heavy atom. The monoisotopic (exact) mass is 276 g/mol. The maximum atomic E-state index is 13.9. The molecule has 3 nitrogen and oxygen atoms in total. The van der Waals surface area contributed by atoms with Crippen LogP contribution in [0.4, 0.5) is 8.78 Å². The molecule has 0 saturated carbocycles. The van der Waals surface area contributed by atoms with Crippen LogP contribution < -0.4 is 0 Å². The third-order valence-electron chi connectivity index (χ3n) is 2.85. The van der Waals surface area contributed by atoms with Crippen molar-refractivity contribution in [1.82, 2.24) is 0 Å². The molecule has 0 aliphatic rings. The van der Waals surface area contributed by atoms with Crippen molar-refractivity contribution in [3.05, 3.63) is 35.6 Å². The molecule has 1 rings (SSSR count). The Morgan fingerprint density at radius 3 is 2.28 bits per heavy atom. The van der Waals surface area contributed by atoms with Crippen LogP contribution in [0.5, 0.6) is 0 Å². The fourth-order valence-electron chi connectivity index (χ4n) is 1.73. The van der Waals surface area contributed by atoms with Crippen LogP contribution in [0.25, 0.3) is 0 Å². The van der Waals surface area contributed by atoms with Gasteiger partial charge in [0.2, 0.25) is 0 Å². The Labute approximate surface area is 107 Å². The van der Waals surface area contributed by atoms with Crippen LogP contribution in [0.3, 0.4) is 0 Å². The largest absolute Gasteiger partial charge is 0.500 e. The summed E-state index contributed by atoms with van der Waals surface area (Å²) in [4.78, 5) is 0. The molecule has 18 heavy (non-hydrogen) atoms. The fraction of sp³-hybridized carbons (Fsp3) is 0.500. The van der Waals surface area contributed by atoms with E-state index in [1.54, 1.807) is 6.07 Å². The van der Waals surface area contributed by atoms with Crippen LogP contribution in [0.1, 0.15) is 18.2 Å². The molecule has 0 N–H and O–H groups in total. The lowest BCUT2D eigenvalue weighted by Gasteiger charge is -2.24. The van der Waals surface area contributed by atoms with Crippen molar-refractivity contribution in [3.8, 4) is 0 Å². The first-order valence-corrected chi connectivity index (χ1v) is 7.55. The molecule has 1 aromatic carbocycles. The van der Waals surface area contributed by atoms with Crippen molar-refractivity contribution in [2.24, 2.45) is 0 Å². The first-order valence-electron chi connectivity index (χ1n) is 5.62. The molecular formula is C12H18F2O3Si. The molecule has 0 fully saturated rings. The van der Waals surface area contributed by atoms with Gasteiger partial charge in [-0.05, 0) is 24.1 Å². The summed E-state index contributed by atoms with van der Waals surface area (Å²) in [7, 11) is 1.68. The number of halogens is 2. The third kappa shape index (κ3) is 3.84. The highest BCUT2D eigenvalue weighted by atomic mass is 28.4. The zero-order valence-electron chi connectivity index (χ0n) is 10.8. The summed E-state index contributed by atoms with van der Waals surface area (Å²) in [5.41, 5.74) is 0.321. The summed E-state index contributed by atoms with van der Waals surface area (Å²) < 4.78 is 42.5. The van der Waals surface area contributed by atoms with Crippen LogP contribution >= 0.6 is 0 Å². The summed E-state index contributed by atoms with van der Waals surface area (Å²) in [5, 5.41) is 0. The fourth-order valence-corrected chi connectivity index (χ4v) is 3.45. The summed E-state index contributed by atoms with van der Waals surface area (Å²) in [6, 6.07) is 5.87. The van der Waals surface area contributed by atoms with Gasteiger partial charge in [0.1, 0.15) is 12.0 Å². The summed E-state index contributed by atoms with van der Waals surface area (Å²) >= 11 is 0. The van der Waals surface area contributed by atoms with Crippen LogP contribution in [0.15, 0.2) is 24.3 Å². The second-order valence-electron chi connectivity index (χ2n) is 3.86.